The molecule has 0 aromatic carbocycles. The Hall–Kier alpha value is -2.01. The highest BCUT2D eigenvalue weighted by Crippen LogP contribution is 2.16. The third-order valence-corrected chi connectivity index (χ3v) is 2.57. The third-order valence-electron chi connectivity index (χ3n) is 2.57. The van der Waals surface area contributed by atoms with Crippen molar-refractivity contribution in [1.29, 1.82) is 0 Å². The van der Waals surface area contributed by atoms with Crippen LogP contribution in [-0.4, -0.2) is 15.0 Å². The van der Waals surface area contributed by atoms with Crippen LogP contribution in [0.5, 0.6) is 0 Å². The van der Waals surface area contributed by atoms with Gasteiger partial charge in [-0.1, -0.05) is 19.4 Å². The fraction of sp³-hybridized carbons (Fsp3) is 0.308. The van der Waals surface area contributed by atoms with E-state index in [1.54, 1.807) is 6.20 Å². The lowest BCUT2D eigenvalue weighted by molar-refractivity contribution is 0.874. The van der Waals surface area contributed by atoms with E-state index in [2.05, 4.69) is 27.3 Å². The molecule has 5 heteroatoms. The van der Waals surface area contributed by atoms with Crippen LogP contribution < -0.4 is 11.3 Å². The maximum Gasteiger partial charge on any atom is 0.180 e. The Morgan fingerprint density at radius 1 is 1.28 bits per heavy atom. The summed E-state index contributed by atoms with van der Waals surface area (Å²) < 4.78 is 0. The number of anilines is 1. The second-order valence-corrected chi connectivity index (χ2v) is 4.18. The maximum atomic E-state index is 5.43. The van der Waals surface area contributed by atoms with Gasteiger partial charge in [0.25, 0.3) is 0 Å². The van der Waals surface area contributed by atoms with Gasteiger partial charge < -0.3 is 5.43 Å². The number of nitrogen functional groups attached to an aromatic ring is 1. The molecule has 18 heavy (non-hydrogen) atoms. The van der Waals surface area contributed by atoms with E-state index in [0.29, 0.717) is 11.6 Å². The van der Waals surface area contributed by atoms with E-state index in [1.807, 2.05) is 25.1 Å². The zero-order valence-electron chi connectivity index (χ0n) is 10.6. The Labute approximate surface area is 106 Å². The van der Waals surface area contributed by atoms with Crippen LogP contribution in [0.1, 0.15) is 24.6 Å². The Bertz CT molecular complexity index is 521. The van der Waals surface area contributed by atoms with Gasteiger partial charge in [0.2, 0.25) is 0 Å². The monoisotopic (exact) mass is 243 g/mol. The van der Waals surface area contributed by atoms with Crippen LogP contribution in [0.4, 0.5) is 5.82 Å². The number of hydrazine groups is 1. The highest BCUT2D eigenvalue weighted by atomic mass is 15.3. The van der Waals surface area contributed by atoms with Crippen LogP contribution in [0.2, 0.25) is 0 Å². The first-order valence-electron chi connectivity index (χ1n) is 6.00. The standard InChI is InChI=1S/C13H17N5/c1-3-4-10-7-12(18-14)17-13(16-10)11-6-5-9(2)8-15-11/h5-8H,3-4,14H2,1-2H3,(H,16,17,18). The average Bonchev–Trinajstić information content (AvgIpc) is 2.39. The van der Waals surface area contributed by atoms with Crippen LogP contribution in [0.3, 0.4) is 0 Å². The molecule has 0 saturated carbocycles. The van der Waals surface area contributed by atoms with Crippen molar-refractivity contribution in [3.05, 3.63) is 35.7 Å². The predicted molar refractivity (Wildman–Crippen MR) is 71.8 cm³/mol. The highest BCUT2D eigenvalue weighted by molar-refractivity contribution is 5.53. The van der Waals surface area contributed by atoms with Crippen molar-refractivity contribution >= 4 is 5.82 Å². The molecule has 0 fully saturated rings. The number of aryl methyl sites for hydroxylation is 2. The predicted octanol–water partition coefficient (Wildman–Crippen LogP) is 2.09. The normalized spacial score (nSPS) is 10.4. The van der Waals surface area contributed by atoms with Gasteiger partial charge in [-0.05, 0) is 25.0 Å². The van der Waals surface area contributed by atoms with E-state index in [0.717, 1.165) is 29.8 Å². The van der Waals surface area contributed by atoms with Crippen LogP contribution >= 0.6 is 0 Å². The van der Waals surface area contributed by atoms with Crippen LogP contribution in [0.15, 0.2) is 24.4 Å². The summed E-state index contributed by atoms with van der Waals surface area (Å²) in [4.78, 5) is 13.2. The maximum absolute atomic E-state index is 5.43. The van der Waals surface area contributed by atoms with E-state index in [9.17, 15) is 0 Å². The summed E-state index contributed by atoms with van der Waals surface area (Å²) in [5, 5.41) is 0. The summed E-state index contributed by atoms with van der Waals surface area (Å²) in [6.07, 6.45) is 3.73. The molecule has 94 valence electrons. The summed E-state index contributed by atoms with van der Waals surface area (Å²) in [5.41, 5.74) is 5.41. The summed E-state index contributed by atoms with van der Waals surface area (Å²) in [6, 6.07) is 5.77. The van der Waals surface area contributed by atoms with Gasteiger partial charge in [0, 0.05) is 18.0 Å². The largest absolute Gasteiger partial charge is 0.308 e. The number of pyridine rings is 1. The number of nitrogens with one attached hydrogen (secondary N) is 1. The Balaban J connectivity index is 2.42. The number of nitrogens with two attached hydrogens (primary N) is 1. The molecule has 0 aliphatic carbocycles. The first-order chi connectivity index (χ1) is 8.72. The second kappa shape index (κ2) is 5.55. The molecule has 0 aliphatic heterocycles. The van der Waals surface area contributed by atoms with E-state index in [-0.39, 0.29) is 0 Å². The van der Waals surface area contributed by atoms with Gasteiger partial charge >= 0.3 is 0 Å². The highest BCUT2D eigenvalue weighted by Gasteiger charge is 2.07. The second-order valence-electron chi connectivity index (χ2n) is 4.18. The van der Waals surface area contributed by atoms with E-state index >= 15 is 0 Å². The zero-order chi connectivity index (χ0) is 13.0. The molecular formula is C13H17N5. The summed E-state index contributed by atoms with van der Waals surface area (Å²) in [5.74, 6) is 6.65. The zero-order valence-corrected chi connectivity index (χ0v) is 10.6. The lowest BCUT2D eigenvalue weighted by Crippen LogP contribution is -2.10. The molecule has 0 atom stereocenters. The average molecular weight is 243 g/mol. The minimum Gasteiger partial charge on any atom is -0.308 e. The SMILES string of the molecule is CCCc1cc(NN)nc(-c2ccc(C)cn2)n1. The van der Waals surface area contributed by atoms with Gasteiger partial charge in [-0.3, -0.25) is 4.98 Å². The van der Waals surface area contributed by atoms with Gasteiger partial charge in [0.05, 0.1) is 0 Å². The summed E-state index contributed by atoms with van der Waals surface area (Å²) in [7, 11) is 0. The summed E-state index contributed by atoms with van der Waals surface area (Å²) >= 11 is 0. The quantitative estimate of drug-likeness (QED) is 0.635. The van der Waals surface area contributed by atoms with Gasteiger partial charge in [-0.25, -0.2) is 15.8 Å². The van der Waals surface area contributed by atoms with Crippen molar-refractivity contribution < 1.29 is 0 Å². The molecule has 2 rings (SSSR count). The van der Waals surface area contributed by atoms with Crippen molar-refractivity contribution in [2.75, 3.05) is 5.43 Å². The topological polar surface area (TPSA) is 76.7 Å². The number of aromatic nitrogens is 3. The van der Waals surface area contributed by atoms with Gasteiger partial charge in [0.1, 0.15) is 11.5 Å². The Morgan fingerprint density at radius 2 is 2.11 bits per heavy atom. The van der Waals surface area contributed by atoms with E-state index < -0.39 is 0 Å². The van der Waals surface area contributed by atoms with Crippen molar-refractivity contribution in [2.45, 2.75) is 26.7 Å². The molecule has 2 aromatic heterocycles. The first kappa shape index (κ1) is 12.4. The molecule has 5 nitrogen and oxygen atoms in total. The van der Waals surface area contributed by atoms with Gasteiger partial charge in [0.15, 0.2) is 5.82 Å². The van der Waals surface area contributed by atoms with Gasteiger partial charge in [-0.2, -0.15) is 0 Å². The molecular weight excluding hydrogens is 226 g/mol. The molecule has 2 heterocycles. The van der Waals surface area contributed by atoms with Crippen molar-refractivity contribution in [2.24, 2.45) is 5.84 Å². The third kappa shape index (κ3) is 2.81. The number of rotatable bonds is 4. The van der Waals surface area contributed by atoms with Crippen LogP contribution in [0.25, 0.3) is 11.5 Å². The molecule has 2 aromatic rings. The smallest absolute Gasteiger partial charge is 0.180 e. The van der Waals surface area contributed by atoms with Crippen molar-refractivity contribution in [3.8, 4) is 11.5 Å². The lowest BCUT2D eigenvalue weighted by Gasteiger charge is -2.06. The molecule has 3 N–H and O–H groups in total. The van der Waals surface area contributed by atoms with Crippen LogP contribution in [-0.2, 0) is 6.42 Å². The molecule has 0 bridgehead atoms. The Kier molecular flexibility index (Phi) is 3.84. The summed E-state index contributed by atoms with van der Waals surface area (Å²) in [6.45, 7) is 4.11. The molecule has 0 amide bonds. The van der Waals surface area contributed by atoms with E-state index in [4.69, 9.17) is 5.84 Å². The van der Waals surface area contributed by atoms with Crippen molar-refractivity contribution in [3.63, 3.8) is 0 Å². The van der Waals surface area contributed by atoms with Crippen LogP contribution in [0, 0.1) is 6.92 Å². The first-order valence-corrected chi connectivity index (χ1v) is 6.00. The minimum absolute atomic E-state index is 0.605. The van der Waals surface area contributed by atoms with Gasteiger partial charge in [-0.15, -0.1) is 0 Å². The number of hydrogen-bond donors (Lipinski definition) is 2. The lowest BCUT2D eigenvalue weighted by atomic mass is 10.2. The Morgan fingerprint density at radius 3 is 2.72 bits per heavy atom. The molecule has 0 radical (unpaired) electrons. The molecule has 0 unspecified atom stereocenters. The molecule has 0 spiro atoms. The molecule has 0 aliphatic rings. The van der Waals surface area contributed by atoms with E-state index in [1.165, 1.54) is 0 Å². The number of hydrogen-bond acceptors (Lipinski definition) is 5. The molecule has 0 saturated heterocycles. The minimum atomic E-state index is 0.605. The fourth-order valence-electron chi connectivity index (χ4n) is 1.67. The van der Waals surface area contributed by atoms with Crippen molar-refractivity contribution in [1.82, 2.24) is 15.0 Å². The number of nitrogens with zero attached hydrogens (tertiary/aromatic N) is 3. The fourth-order valence-corrected chi connectivity index (χ4v) is 1.67.